The smallest absolute Gasteiger partial charge is 0.299 e. The molecule has 0 atom stereocenters. The van der Waals surface area contributed by atoms with E-state index in [1.807, 2.05) is 59.5 Å². The molecule has 0 saturated carbocycles. The molecule has 5 rings (SSSR count). The maximum atomic E-state index is 13.8. The van der Waals surface area contributed by atoms with Crippen LogP contribution >= 0.6 is 23.1 Å². The third kappa shape index (κ3) is 4.41. The van der Waals surface area contributed by atoms with E-state index in [1.54, 1.807) is 28.6 Å². The van der Waals surface area contributed by atoms with Gasteiger partial charge in [0.15, 0.2) is 0 Å². The summed E-state index contributed by atoms with van der Waals surface area (Å²) in [5.41, 5.74) is 3.72. The van der Waals surface area contributed by atoms with Gasteiger partial charge in [-0.05, 0) is 59.2 Å². The molecule has 3 aromatic carbocycles. The minimum Gasteiger partial charge on any atom is -0.299 e. The lowest BCUT2D eigenvalue weighted by Gasteiger charge is -2.14. The molecule has 0 aliphatic carbocycles. The maximum absolute atomic E-state index is 13.8. The molecule has 170 valence electrons. The Bertz CT molecular complexity index is 1420. The van der Waals surface area contributed by atoms with Gasteiger partial charge in [-0.3, -0.25) is 4.57 Å². The number of thiophene rings is 1. The van der Waals surface area contributed by atoms with Crippen molar-refractivity contribution >= 4 is 23.1 Å². The molecule has 0 aliphatic rings. The topological polar surface area (TPSA) is 17.8 Å². The molecule has 0 unspecified atom stereocenters. The van der Waals surface area contributed by atoms with Gasteiger partial charge in [-0.25, -0.2) is 4.98 Å². The highest BCUT2D eigenvalue weighted by Crippen LogP contribution is 2.38. The van der Waals surface area contributed by atoms with Crippen LogP contribution in [0.2, 0.25) is 0 Å². The minimum atomic E-state index is -4.48. The Morgan fingerprint density at radius 3 is 2.35 bits per heavy atom. The summed E-state index contributed by atoms with van der Waals surface area (Å²) in [7, 11) is 0. The molecule has 2 aromatic heterocycles. The molecular formula is C27H19F3N2S2. The predicted octanol–water partition coefficient (Wildman–Crippen LogP) is 8.68. The predicted molar refractivity (Wildman–Crippen MR) is 135 cm³/mol. The van der Waals surface area contributed by atoms with Crippen molar-refractivity contribution in [3.05, 3.63) is 101 Å². The lowest BCUT2D eigenvalue weighted by molar-refractivity contribution is -0.137. The van der Waals surface area contributed by atoms with Gasteiger partial charge in [0, 0.05) is 33.3 Å². The van der Waals surface area contributed by atoms with Crippen LogP contribution in [0.5, 0.6) is 0 Å². The first-order valence-electron chi connectivity index (χ1n) is 10.5. The van der Waals surface area contributed by atoms with E-state index < -0.39 is 11.7 Å². The number of hydrogen-bond acceptors (Lipinski definition) is 3. The van der Waals surface area contributed by atoms with E-state index in [-0.39, 0.29) is 11.4 Å². The number of imidazole rings is 1. The quantitative estimate of drug-likeness (QED) is 0.228. The van der Waals surface area contributed by atoms with E-state index in [0.717, 1.165) is 28.4 Å². The van der Waals surface area contributed by atoms with Gasteiger partial charge in [0.05, 0.1) is 11.3 Å². The zero-order valence-electron chi connectivity index (χ0n) is 18.1. The summed E-state index contributed by atoms with van der Waals surface area (Å²) in [5, 5.41) is 3.86. The SMILES string of the molecule is CSc1cccc(-c2ccc(-n3cc(-c4ccsc4)nc3-c3ccccc3C(F)(F)F)cc2)c1. The van der Waals surface area contributed by atoms with Crippen molar-refractivity contribution in [3.8, 4) is 39.5 Å². The third-order valence-corrected chi connectivity index (χ3v) is 6.95. The molecule has 7 heteroatoms. The first kappa shape index (κ1) is 22.5. The molecule has 0 spiro atoms. The monoisotopic (exact) mass is 492 g/mol. The highest BCUT2D eigenvalue weighted by atomic mass is 32.2. The highest BCUT2D eigenvalue weighted by Gasteiger charge is 2.34. The maximum Gasteiger partial charge on any atom is 0.417 e. The van der Waals surface area contributed by atoms with Crippen molar-refractivity contribution in [2.45, 2.75) is 11.1 Å². The number of halogens is 3. The number of thioether (sulfide) groups is 1. The van der Waals surface area contributed by atoms with Crippen LogP contribution in [-0.4, -0.2) is 15.8 Å². The Kier molecular flexibility index (Phi) is 6.06. The number of hydrogen-bond donors (Lipinski definition) is 0. The van der Waals surface area contributed by atoms with Crippen LogP contribution in [-0.2, 0) is 6.18 Å². The number of benzene rings is 3. The average molecular weight is 493 g/mol. The fourth-order valence-corrected chi connectivity index (χ4v) is 4.97. The van der Waals surface area contributed by atoms with E-state index in [9.17, 15) is 13.2 Å². The Labute approximate surface area is 203 Å². The van der Waals surface area contributed by atoms with Gasteiger partial charge in [0.2, 0.25) is 0 Å². The van der Waals surface area contributed by atoms with Crippen LogP contribution in [0.25, 0.3) is 39.5 Å². The van der Waals surface area contributed by atoms with Crippen LogP contribution in [0.15, 0.2) is 101 Å². The van der Waals surface area contributed by atoms with Crippen molar-refractivity contribution in [2.75, 3.05) is 6.26 Å². The molecule has 0 aliphatic heterocycles. The summed E-state index contributed by atoms with van der Waals surface area (Å²) >= 11 is 3.20. The Balaban J connectivity index is 1.63. The van der Waals surface area contributed by atoms with Crippen LogP contribution in [0, 0.1) is 0 Å². The van der Waals surface area contributed by atoms with Crippen molar-refractivity contribution in [2.24, 2.45) is 0 Å². The largest absolute Gasteiger partial charge is 0.417 e. The van der Waals surface area contributed by atoms with Gasteiger partial charge in [0.25, 0.3) is 0 Å². The molecule has 2 heterocycles. The van der Waals surface area contributed by atoms with Crippen molar-refractivity contribution < 1.29 is 13.2 Å². The second kappa shape index (κ2) is 9.16. The van der Waals surface area contributed by atoms with Gasteiger partial charge >= 0.3 is 6.18 Å². The summed E-state index contributed by atoms with van der Waals surface area (Å²) in [6, 6.07) is 23.5. The van der Waals surface area contributed by atoms with Crippen LogP contribution < -0.4 is 0 Å². The minimum absolute atomic E-state index is 0.0493. The average Bonchev–Trinajstić information content (AvgIpc) is 3.54. The summed E-state index contributed by atoms with van der Waals surface area (Å²) in [4.78, 5) is 5.81. The zero-order valence-corrected chi connectivity index (χ0v) is 19.7. The number of alkyl halides is 3. The Hall–Kier alpha value is -3.29. The van der Waals surface area contributed by atoms with Crippen LogP contribution in [0.3, 0.4) is 0 Å². The standard InChI is InChI=1S/C27H19F3N2S2/c1-33-22-6-4-5-19(15-22)18-9-11-21(12-10-18)32-16-25(20-13-14-34-17-20)31-26(32)23-7-2-3-8-24(23)27(28,29)30/h2-17H,1H3. The molecule has 0 saturated heterocycles. The van der Waals surface area contributed by atoms with Gasteiger partial charge in [-0.2, -0.15) is 24.5 Å². The van der Waals surface area contributed by atoms with Gasteiger partial charge in [-0.1, -0.05) is 42.5 Å². The molecule has 0 radical (unpaired) electrons. The van der Waals surface area contributed by atoms with Crippen LogP contribution in [0.4, 0.5) is 13.2 Å². The first-order chi connectivity index (χ1) is 16.4. The Morgan fingerprint density at radius 2 is 1.65 bits per heavy atom. The molecule has 0 bridgehead atoms. The Morgan fingerprint density at radius 1 is 0.853 bits per heavy atom. The van der Waals surface area contributed by atoms with Gasteiger partial charge in [-0.15, -0.1) is 11.8 Å². The number of rotatable bonds is 5. The van der Waals surface area contributed by atoms with E-state index in [0.29, 0.717) is 5.69 Å². The van der Waals surface area contributed by atoms with Gasteiger partial charge in [0.1, 0.15) is 5.82 Å². The van der Waals surface area contributed by atoms with Crippen LogP contribution in [0.1, 0.15) is 5.56 Å². The molecule has 2 nitrogen and oxygen atoms in total. The van der Waals surface area contributed by atoms with Crippen molar-refractivity contribution in [1.29, 1.82) is 0 Å². The van der Waals surface area contributed by atoms with E-state index in [2.05, 4.69) is 17.1 Å². The number of aromatic nitrogens is 2. The molecule has 5 aromatic rings. The fourth-order valence-electron chi connectivity index (χ4n) is 3.86. The van der Waals surface area contributed by atoms with E-state index in [4.69, 9.17) is 0 Å². The first-order valence-corrected chi connectivity index (χ1v) is 12.6. The molecule has 34 heavy (non-hydrogen) atoms. The van der Waals surface area contributed by atoms with Crippen molar-refractivity contribution in [3.63, 3.8) is 0 Å². The summed E-state index contributed by atoms with van der Waals surface area (Å²) in [5.74, 6) is 0.256. The number of nitrogens with zero attached hydrogens (tertiary/aromatic N) is 2. The zero-order chi connectivity index (χ0) is 23.7. The second-order valence-corrected chi connectivity index (χ2v) is 9.31. The highest BCUT2D eigenvalue weighted by molar-refractivity contribution is 7.98. The fraction of sp³-hybridized carbons (Fsp3) is 0.0741. The van der Waals surface area contributed by atoms with E-state index >= 15 is 0 Å². The summed E-state index contributed by atoms with van der Waals surface area (Å²) in [6.07, 6.45) is -0.650. The molecule has 0 N–H and O–H groups in total. The summed E-state index contributed by atoms with van der Waals surface area (Å²) < 4.78 is 43.2. The molecule has 0 fully saturated rings. The van der Waals surface area contributed by atoms with Crippen molar-refractivity contribution in [1.82, 2.24) is 9.55 Å². The van der Waals surface area contributed by atoms with E-state index in [1.165, 1.54) is 28.4 Å². The van der Waals surface area contributed by atoms with Gasteiger partial charge < -0.3 is 0 Å². The lowest BCUT2D eigenvalue weighted by Crippen LogP contribution is -2.08. The molecular weight excluding hydrogens is 473 g/mol. The second-order valence-electron chi connectivity index (χ2n) is 7.65. The summed E-state index contributed by atoms with van der Waals surface area (Å²) in [6.45, 7) is 0. The molecule has 0 amide bonds. The normalized spacial score (nSPS) is 11.6. The lowest BCUT2D eigenvalue weighted by atomic mass is 10.0. The third-order valence-electron chi connectivity index (χ3n) is 5.54.